The Balaban J connectivity index is 2.15. The van der Waals surface area contributed by atoms with Gasteiger partial charge in [0.05, 0.1) is 17.2 Å². The Morgan fingerprint density at radius 1 is 1.53 bits per heavy atom. The molecule has 0 aliphatic carbocycles. The number of carbonyl (C=O) groups excluding carboxylic acids is 1. The van der Waals surface area contributed by atoms with E-state index >= 15 is 0 Å². The normalized spacial score (nSPS) is 20.8. The van der Waals surface area contributed by atoms with Crippen LogP contribution in [0.4, 0.5) is 5.13 Å². The third-order valence-electron chi connectivity index (χ3n) is 3.62. The second-order valence-corrected chi connectivity index (χ2v) is 5.86. The van der Waals surface area contributed by atoms with Crippen LogP contribution < -0.4 is 4.90 Å². The van der Waals surface area contributed by atoms with Crippen LogP contribution >= 0.6 is 11.3 Å². The first-order valence-electron chi connectivity index (χ1n) is 6.58. The Kier molecular flexibility index (Phi) is 4.90. The fourth-order valence-corrected chi connectivity index (χ4v) is 3.30. The van der Waals surface area contributed by atoms with Gasteiger partial charge in [-0.25, -0.2) is 4.98 Å². The molecule has 0 radical (unpaired) electrons. The Bertz CT molecular complexity index is 436. The number of hydrogen-bond acceptors (Lipinski definition) is 6. The van der Waals surface area contributed by atoms with Crippen LogP contribution in [0.2, 0.25) is 0 Å². The van der Waals surface area contributed by atoms with Crippen molar-refractivity contribution in [3.63, 3.8) is 0 Å². The summed E-state index contributed by atoms with van der Waals surface area (Å²) in [5.74, 6) is 0. The van der Waals surface area contributed by atoms with Crippen LogP contribution in [0.15, 0.2) is 0 Å². The van der Waals surface area contributed by atoms with E-state index in [2.05, 4.69) is 28.8 Å². The van der Waals surface area contributed by atoms with E-state index in [9.17, 15) is 4.79 Å². The van der Waals surface area contributed by atoms with Gasteiger partial charge in [-0.1, -0.05) is 18.3 Å². The molecule has 0 amide bonds. The number of rotatable bonds is 5. The lowest BCUT2D eigenvalue weighted by molar-refractivity contribution is 0.112. The molecule has 1 saturated heterocycles. The van der Waals surface area contributed by atoms with E-state index in [1.165, 1.54) is 11.3 Å². The fourth-order valence-electron chi connectivity index (χ4n) is 2.38. The summed E-state index contributed by atoms with van der Waals surface area (Å²) < 4.78 is 5.09. The van der Waals surface area contributed by atoms with Gasteiger partial charge in [-0.2, -0.15) is 0 Å². The first kappa shape index (κ1) is 14.4. The van der Waals surface area contributed by atoms with E-state index in [4.69, 9.17) is 4.74 Å². The average Bonchev–Trinajstić information content (AvgIpc) is 2.83. The van der Waals surface area contributed by atoms with E-state index < -0.39 is 0 Å². The topological polar surface area (TPSA) is 45.7 Å². The smallest absolute Gasteiger partial charge is 0.186 e. The molecule has 1 aromatic rings. The van der Waals surface area contributed by atoms with Gasteiger partial charge in [-0.3, -0.25) is 9.69 Å². The van der Waals surface area contributed by atoms with Gasteiger partial charge < -0.3 is 9.64 Å². The molecule has 1 aliphatic heterocycles. The van der Waals surface area contributed by atoms with Gasteiger partial charge in [0, 0.05) is 32.8 Å². The standard InChI is InChI=1S/C13H21N3O2S/c1-4-10-7-16(6-5-15(10)2)13-14-11(9-18-3)12(8-17)19-13/h8,10H,4-7,9H2,1-3H3. The molecule has 0 saturated carbocycles. The molecular weight excluding hydrogens is 262 g/mol. The van der Waals surface area contributed by atoms with Gasteiger partial charge >= 0.3 is 0 Å². The number of nitrogens with zero attached hydrogens (tertiary/aromatic N) is 3. The van der Waals surface area contributed by atoms with Crippen LogP contribution in [0.1, 0.15) is 28.7 Å². The molecule has 0 spiro atoms. The highest BCUT2D eigenvalue weighted by atomic mass is 32.1. The molecular formula is C13H21N3O2S. The minimum Gasteiger partial charge on any atom is -0.378 e. The molecule has 5 nitrogen and oxygen atoms in total. The van der Waals surface area contributed by atoms with Crippen LogP contribution in [-0.4, -0.2) is 56.0 Å². The lowest BCUT2D eigenvalue weighted by Crippen LogP contribution is -2.51. The summed E-state index contributed by atoms with van der Waals surface area (Å²) >= 11 is 1.47. The summed E-state index contributed by atoms with van der Waals surface area (Å²) in [6.45, 7) is 5.58. The number of piperazine rings is 1. The zero-order chi connectivity index (χ0) is 13.8. The third kappa shape index (κ3) is 3.13. The molecule has 1 atom stereocenters. The molecule has 19 heavy (non-hydrogen) atoms. The van der Waals surface area contributed by atoms with E-state index in [0.717, 1.165) is 43.2 Å². The molecule has 1 fully saturated rings. The molecule has 6 heteroatoms. The number of ether oxygens (including phenoxy) is 1. The summed E-state index contributed by atoms with van der Waals surface area (Å²) in [6, 6.07) is 0.559. The molecule has 1 aliphatic rings. The van der Waals surface area contributed by atoms with Crippen LogP contribution in [-0.2, 0) is 11.3 Å². The van der Waals surface area contributed by atoms with Crippen molar-refractivity contribution >= 4 is 22.8 Å². The number of carbonyl (C=O) groups is 1. The largest absolute Gasteiger partial charge is 0.378 e. The van der Waals surface area contributed by atoms with Crippen molar-refractivity contribution in [2.45, 2.75) is 26.0 Å². The monoisotopic (exact) mass is 283 g/mol. The summed E-state index contributed by atoms with van der Waals surface area (Å²) in [6.07, 6.45) is 2.01. The van der Waals surface area contributed by atoms with Gasteiger partial charge in [0.25, 0.3) is 0 Å². The van der Waals surface area contributed by atoms with Crippen molar-refractivity contribution in [3.05, 3.63) is 10.6 Å². The van der Waals surface area contributed by atoms with Gasteiger partial charge in [-0.15, -0.1) is 0 Å². The first-order valence-corrected chi connectivity index (χ1v) is 7.40. The molecule has 106 valence electrons. The number of anilines is 1. The van der Waals surface area contributed by atoms with Crippen molar-refractivity contribution in [2.75, 3.05) is 38.7 Å². The lowest BCUT2D eigenvalue weighted by atomic mass is 10.1. The maximum absolute atomic E-state index is 11.1. The molecule has 0 N–H and O–H groups in total. The van der Waals surface area contributed by atoms with Gasteiger partial charge in [0.2, 0.25) is 0 Å². The van der Waals surface area contributed by atoms with Crippen molar-refractivity contribution in [3.8, 4) is 0 Å². The minimum atomic E-state index is 0.398. The SMILES string of the molecule is CCC1CN(c2nc(COC)c(C=O)s2)CCN1C. The number of aldehydes is 1. The number of likely N-dealkylation sites (N-methyl/N-ethyl adjacent to an activating group) is 1. The molecule has 2 rings (SSSR count). The quantitative estimate of drug-likeness (QED) is 0.769. The molecule has 1 aromatic heterocycles. The Labute approximate surface area is 118 Å². The Morgan fingerprint density at radius 3 is 2.95 bits per heavy atom. The fraction of sp³-hybridized carbons (Fsp3) is 0.692. The second kappa shape index (κ2) is 6.45. The maximum atomic E-state index is 11.1. The van der Waals surface area contributed by atoms with E-state index in [0.29, 0.717) is 17.5 Å². The summed E-state index contributed by atoms with van der Waals surface area (Å²) in [5, 5.41) is 0.945. The first-order chi connectivity index (χ1) is 9.19. The van der Waals surface area contributed by atoms with E-state index in [1.807, 2.05) is 0 Å². The molecule has 0 aromatic carbocycles. The Hall–Kier alpha value is -0.980. The zero-order valence-electron chi connectivity index (χ0n) is 11.8. The van der Waals surface area contributed by atoms with E-state index in [-0.39, 0.29) is 0 Å². The highest BCUT2D eigenvalue weighted by Crippen LogP contribution is 2.27. The van der Waals surface area contributed by atoms with Gasteiger partial charge in [0.15, 0.2) is 11.4 Å². The zero-order valence-corrected chi connectivity index (χ0v) is 12.6. The molecule has 0 bridgehead atoms. The highest BCUT2D eigenvalue weighted by molar-refractivity contribution is 7.17. The number of thiazole rings is 1. The van der Waals surface area contributed by atoms with Crippen LogP contribution in [0, 0.1) is 0 Å². The average molecular weight is 283 g/mol. The predicted octanol–water partition coefficient (Wildman–Crippen LogP) is 1.63. The van der Waals surface area contributed by atoms with Crippen molar-refractivity contribution < 1.29 is 9.53 Å². The maximum Gasteiger partial charge on any atom is 0.186 e. The van der Waals surface area contributed by atoms with Crippen molar-refractivity contribution in [1.82, 2.24) is 9.88 Å². The molecule has 2 heterocycles. The van der Waals surface area contributed by atoms with Crippen LogP contribution in [0.3, 0.4) is 0 Å². The van der Waals surface area contributed by atoms with E-state index in [1.54, 1.807) is 7.11 Å². The predicted molar refractivity (Wildman–Crippen MR) is 77.1 cm³/mol. The summed E-state index contributed by atoms with van der Waals surface area (Å²) in [4.78, 5) is 21.0. The van der Waals surface area contributed by atoms with Gasteiger partial charge in [0.1, 0.15) is 0 Å². The van der Waals surface area contributed by atoms with Crippen molar-refractivity contribution in [2.24, 2.45) is 0 Å². The lowest BCUT2D eigenvalue weighted by Gasteiger charge is -2.39. The number of aromatic nitrogens is 1. The van der Waals surface area contributed by atoms with Crippen molar-refractivity contribution in [1.29, 1.82) is 0 Å². The number of methoxy groups -OCH3 is 1. The highest BCUT2D eigenvalue weighted by Gasteiger charge is 2.25. The van der Waals surface area contributed by atoms with Gasteiger partial charge in [-0.05, 0) is 13.5 Å². The molecule has 1 unspecified atom stereocenters. The third-order valence-corrected chi connectivity index (χ3v) is 4.71. The minimum absolute atomic E-state index is 0.398. The summed E-state index contributed by atoms with van der Waals surface area (Å²) in [7, 11) is 3.79. The van der Waals surface area contributed by atoms with Crippen LogP contribution in [0.5, 0.6) is 0 Å². The number of hydrogen-bond donors (Lipinski definition) is 0. The second-order valence-electron chi connectivity index (χ2n) is 4.85. The van der Waals surface area contributed by atoms with Crippen LogP contribution in [0.25, 0.3) is 0 Å². The summed E-state index contributed by atoms with van der Waals surface area (Å²) in [5.41, 5.74) is 0.754. The Morgan fingerprint density at radius 2 is 2.32 bits per heavy atom.